The van der Waals surface area contributed by atoms with Gasteiger partial charge in [0.25, 0.3) is 0 Å². The van der Waals surface area contributed by atoms with Gasteiger partial charge in [-0.05, 0) is 139 Å². The number of aromatic hydroxyl groups is 1. The number of benzene rings is 5. The van der Waals surface area contributed by atoms with Gasteiger partial charge in [-0.2, -0.15) is 0 Å². The minimum atomic E-state index is -1.88. The van der Waals surface area contributed by atoms with Crippen molar-refractivity contribution in [3.05, 3.63) is 171 Å². The van der Waals surface area contributed by atoms with E-state index in [0.29, 0.717) is 55.3 Å². The van der Waals surface area contributed by atoms with Crippen LogP contribution in [0.5, 0.6) is 5.75 Å². The summed E-state index contributed by atoms with van der Waals surface area (Å²) in [6.07, 6.45) is -1.85. The molecule has 117 heavy (non-hydrogen) atoms. The molecule has 0 radical (unpaired) electrons. The highest BCUT2D eigenvalue weighted by Crippen LogP contribution is 2.26. The number of para-hydroxylation sites is 1. The Kier molecular flexibility index (Phi) is 36.8. The van der Waals surface area contributed by atoms with Gasteiger partial charge in [-0.1, -0.05) is 145 Å². The number of aromatic amines is 1. The lowest BCUT2D eigenvalue weighted by Gasteiger charge is -2.29. The van der Waals surface area contributed by atoms with Crippen molar-refractivity contribution < 1.29 is 82.8 Å². The van der Waals surface area contributed by atoms with Crippen LogP contribution >= 0.6 is 44.2 Å². The first kappa shape index (κ1) is 92.3. The number of aliphatic hydroxyl groups excluding tert-OH is 2. The Morgan fingerprint density at radius 1 is 0.556 bits per heavy atom. The second kappa shape index (κ2) is 46.7. The first-order valence-corrected chi connectivity index (χ1v) is 42.4. The molecule has 22 N–H and O–H groups in total. The molecule has 13 atom stereocenters. The molecule has 36 heteroatoms. The number of carbonyl (C=O) groups is 13. The number of hydrogen-bond acceptors (Lipinski definition) is 21. The third-order valence-corrected chi connectivity index (χ3v) is 22.9. The van der Waals surface area contributed by atoms with Crippen molar-refractivity contribution in [2.45, 2.75) is 195 Å². The van der Waals surface area contributed by atoms with Crippen molar-refractivity contribution in [1.82, 2.24) is 74.1 Å². The molecule has 2 aliphatic rings. The molecule has 2 bridgehead atoms. The number of rotatable bonds is 22. The number of halogens is 1. The van der Waals surface area contributed by atoms with E-state index < -0.39 is 181 Å². The number of carbonyl (C=O) groups excluding carboxylic acids is 12. The number of aliphatic hydroxyl groups is 2. The number of fused-ring (bicyclic) bond motifs is 10. The van der Waals surface area contributed by atoms with Crippen LogP contribution in [0.4, 0.5) is 0 Å². The van der Waals surface area contributed by atoms with Gasteiger partial charge in [0.2, 0.25) is 70.9 Å². The van der Waals surface area contributed by atoms with Gasteiger partial charge in [0, 0.05) is 79.8 Å². The summed E-state index contributed by atoms with van der Waals surface area (Å²) in [5.74, 6) is -14.2. The van der Waals surface area contributed by atoms with Crippen molar-refractivity contribution in [1.29, 1.82) is 0 Å². The molecule has 6 aromatic rings. The number of H-pyrrole nitrogens is 1. The summed E-state index contributed by atoms with van der Waals surface area (Å²) in [5.41, 5.74) is 16.5. The second-order valence-electron chi connectivity index (χ2n) is 29.2. The number of phenols is 1. The smallest absolute Gasteiger partial charge is 0.327 e. The molecule has 0 aliphatic carbocycles. The molecule has 0 saturated carbocycles. The number of aromatic nitrogens is 1. The first-order chi connectivity index (χ1) is 56.1. The zero-order valence-electron chi connectivity index (χ0n) is 65.2. The Hall–Kier alpha value is -10.2. The van der Waals surface area contributed by atoms with E-state index >= 15 is 28.8 Å². The van der Waals surface area contributed by atoms with Crippen molar-refractivity contribution in [3.8, 4) is 5.75 Å². The second-order valence-corrected chi connectivity index (χ2v) is 32.9. The summed E-state index contributed by atoms with van der Waals surface area (Å²) in [4.78, 5) is 195. The number of carboxylic acid groups (broad SMARTS) is 1. The molecular formula is C81H105IN16O17S2. The van der Waals surface area contributed by atoms with Crippen LogP contribution in [-0.2, 0) is 101 Å². The van der Waals surface area contributed by atoms with Crippen LogP contribution < -0.4 is 80.6 Å². The van der Waals surface area contributed by atoms with Crippen LogP contribution in [0.2, 0.25) is 0 Å². The highest BCUT2D eigenvalue weighted by molar-refractivity contribution is 14.1. The quantitative estimate of drug-likeness (QED) is 0.0245. The summed E-state index contributed by atoms with van der Waals surface area (Å²) in [6, 6.07) is 16.0. The van der Waals surface area contributed by atoms with Crippen LogP contribution in [0.25, 0.3) is 10.9 Å². The maximum atomic E-state index is 15.6. The lowest BCUT2D eigenvalue weighted by molar-refractivity contribution is -0.142. The van der Waals surface area contributed by atoms with Gasteiger partial charge in [-0.15, -0.1) is 0 Å². The lowest BCUT2D eigenvalue weighted by Crippen LogP contribution is -2.63. The van der Waals surface area contributed by atoms with Gasteiger partial charge in [0.1, 0.15) is 72.2 Å². The fourth-order valence-corrected chi connectivity index (χ4v) is 15.9. The summed E-state index contributed by atoms with van der Waals surface area (Å²) in [6.45, 7) is 4.58. The molecule has 8 rings (SSSR count). The van der Waals surface area contributed by atoms with Crippen LogP contribution in [0.15, 0.2) is 134 Å². The predicted molar refractivity (Wildman–Crippen MR) is 448 cm³/mol. The minimum Gasteiger partial charge on any atom is -0.507 e. The molecule has 12 amide bonds. The van der Waals surface area contributed by atoms with Gasteiger partial charge in [-0.3, -0.25) is 57.5 Å². The summed E-state index contributed by atoms with van der Waals surface area (Å²) < 4.78 is 0.462. The predicted octanol–water partition coefficient (Wildman–Crippen LogP) is 0.211. The number of unbranched alkanes of at least 4 members (excludes halogenated alkanes) is 1. The van der Waals surface area contributed by atoms with Gasteiger partial charge < -0.3 is 106 Å². The molecule has 2 fully saturated rings. The maximum Gasteiger partial charge on any atom is 0.327 e. The van der Waals surface area contributed by atoms with Gasteiger partial charge in [-0.25, -0.2) is 4.79 Å². The van der Waals surface area contributed by atoms with Crippen LogP contribution in [0.1, 0.15) is 106 Å². The molecule has 2 saturated heterocycles. The molecule has 0 spiro atoms. The van der Waals surface area contributed by atoms with Crippen LogP contribution in [0.3, 0.4) is 0 Å². The first-order valence-electron chi connectivity index (χ1n) is 38.8. The van der Waals surface area contributed by atoms with E-state index in [1.54, 1.807) is 115 Å². The standard InChI is InChI=1S/C81H105IN16O17S2/c1-45(2)86-40-50-26-24-49(25-27-50)38-62-77(110)98-69(46(3)100)80(113)94-61(37-48-18-8-5-9-19-48)75(108)88-58-23-13-15-33-85-68(102)31-29-59(73(106)93-63(76(109)92-62)39-52-41-87-56-21-11-10-20-53(52)56)90-74(107)60(36-47-16-6-4-7-17-47)91-71(104)57(22-12-14-32-83)89-79(112)65(96-70(103)55(84)35-51-28-30-67(101)54(82)34-51)43-116-117-44-66(81(114)115)97-78(111)64(42-99)95-72(58)105/h4-11,16-21,24-28,30,34,41,45-46,55,57-66,69,86-87,99-101H,12-15,22-23,29,31-33,35-40,42-44,83-84H2,1-3H3,(H,85,102)(H,88,108)(H,89,112)(H,90,107)(H,91,104)(H,92,109)(H,93,106)(H,94,113)(H,95,105)(H,96,103)(H,97,111)(H,98,110)(H,114,115)/t46-,55+,57+,58+,59+,60+,61+,62+,63-,64+,65+,66+,69-/m1/s1. The molecule has 2 aliphatic heterocycles. The van der Waals surface area contributed by atoms with Gasteiger partial charge in [0.15, 0.2) is 0 Å². The number of amides is 12. The molecule has 3 heterocycles. The summed E-state index contributed by atoms with van der Waals surface area (Å²) in [7, 11) is 1.69. The Morgan fingerprint density at radius 2 is 1.07 bits per heavy atom. The van der Waals surface area contributed by atoms with E-state index in [1.165, 1.54) is 13.0 Å². The molecule has 0 unspecified atom stereocenters. The Balaban J connectivity index is 1.25. The van der Waals surface area contributed by atoms with Gasteiger partial charge >= 0.3 is 5.97 Å². The van der Waals surface area contributed by atoms with E-state index in [1.807, 2.05) is 48.6 Å². The third-order valence-electron chi connectivity index (χ3n) is 19.6. The summed E-state index contributed by atoms with van der Waals surface area (Å²) in [5, 5.41) is 78.8. The zero-order chi connectivity index (χ0) is 84.7. The van der Waals surface area contributed by atoms with Crippen molar-refractivity contribution in [2.24, 2.45) is 11.5 Å². The highest BCUT2D eigenvalue weighted by Gasteiger charge is 2.39. The fourth-order valence-electron chi connectivity index (χ4n) is 13.0. The maximum absolute atomic E-state index is 15.6. The third kappa shape index (κ3) is 29.4. The highest BCUT2D eigenvalue weighted by atomic mass is 127. The van der Waals surface area contributed by atoms with Crippen molar-refractivity contribution >= 4 is 132 Å². The Labute approximate surface area is 698 Å². The topological polar surface area (TPSA) is 527 Å². The lowest BCUT2D eigenvalue weighted by atomic mass is 9.99. The van der Waals surface area contributed by atoms with Gasteiger partial charge in [0.05, 0.1) is 22.3 Å². The number of nitrogens with one attached hydrogen (secondary N) is 14. The van der Waals surface area contributed by atoms with E-state index in [9.17, 15) is 54.0 Å². The van der Waals surface area contributed by atoms with E-state index in [-0.39, 0.29) is 94.8 Å². The number of carboxylic acids is 1. The normalized spacial score (nSPS) is 23.4. The van der Waals surface area contributed by atoms with E-state index in [0.717, 1.165) is 27.2 Å². The van der Waals surface area contributed by atoms with Crippen molar-refractivity contribution in [2.75, 3.05) is 31.2 Å². The molecular weight excluding hydrogens is 1660 g/mol. The molecule has 1 aromatic heterocycles. The number of hydrogen-bond donors (Lipinski definition) is 20. The Morgan fingerprint density at radius 3 is 1.67 bits per heavy atom. The number of aliphatic carboxylic acids is 1. The number of phenolic OH excluding ortho intramolecular Hbond substituents is 1. The largest absolute Gasteiger partial charge is 0.507 e. The SMILES string of the molecule is CC(C)NCc1ccc(C[C@@H]2NC(=O)[C@@H](Cc3c[nH]c4ccccc34)NC(=O)[C@@H]3CCC(=O)NCCCC[C@H](NC(=O)[C@H](Cc4ccccc4)NC(=O)[C@@H]([C@@H](C)O)NC2=O)C(=O)N[C@@H](CO)C(=O)N[C@H](C(=O)O)CSSC[C@H](NC(=O)[C@@H](N)Cc2ccc(O)c(I)c2)C(=O)N[C@@H](CCCCN)C(=O)N[C@@H](Cc2ccccc2)C(=O)N3)cc1. The molecule has 5 aromatic carbocycles. The van der Waals surface area contributed by atoms with E-state index in [2.05, 4.69) is 74.1 Å². The summed E-state index contributed by atoms with van der Waals surface area (Å²) >= 11 is 1.90. The Bertz CT molecular complexity index is 4400. The average molecular weight is 1770 g/mol. The fraction of sp³-hybridized carbons (Fsp3) is 0.444. The van der Waals surface area contributed by atoms with E-state index in [4.69, 9.17) is 11.5 Å². The van der Waals surface area contributed by atoms with Crippen LogP contribution in [0, 0.1) is 3.57 Å². The minimum absolute atomic E-state index is 0.0189. The zero-order valence-corrected chi connectivity index (χ0v) is 69.0. The van der Waals surface area contributed by atoms with Crippen LogP contribution in [-0.4, -0.2) is 218 Å². The molecule has 630 valence electrons. The monoisotopic (exact) mass is 1760 g/mol. The number of nitrogens with two attached hydrogens (primary N) is 2. The molecule has 33 nitrogen and oxygen atoms in total. The average Bonchev–Trinajstić information content (AvgIpc) is 1.68. The van der Waals surface area contributed by atoms with Crippen molar-refractivity contribution in [3.63, 3.8) is 0 Å².